The maximum atomic E-state index is 4.89. The number of hydrogen-bond donors (Lipinski definition) is 1. The minimum atomic E-state index is 0.808. The Morgan fingerprint density at radius 1 is 1.25 bits per heavy atom. The van der Waals surface area contributed by atoms with Crippen LogP contribution in [0.3, 0.4) is 0 Å². The quantitative estimate of drug-likeness (QED) is 0.766. The molecular formula is C13H20N2S. The number of aromatic nitrogens is 1. The fraction of sp³-hybridized carbons (Fsp3) is 0.769. The molecule has 0 amide bonds. The van der Waals surface area contributed by atoms with E-state index in [1.807, 2.05) is 11.3 Å². The van der Waals surface area contributed by atoms with Gasteiger partial charge in [-0.05, 0) is 38.6 Å². The Kier molecular flexibility index (Phi) is 2.99. The zero-order valence-electron chi connectivity index (χ0n) is 9.96. The number of rotatable bonds is 6. The summed E-state index contributed by atoms with van der Waals surface area (Å²) in [6.07, 6.45) is 6.70. The lowest BCUT2D eigenvalue weighted by Crippen LogP contribution is -2.13. The molecule has 1 aromatic rings. The van der Waals surface area contributed by atoms with E-state index < -0.39 is 0 Å². The molecule has 0 spiro atoms. The summed E-state index contributed by atoms with van der Waals surface area (Å²) < 4.78 is 0. The van der Waals surface area contributed by atoms with Crippen LogP contribution < -0.4 is 5.32 Å². The van der Waals surface area contributed by atoms with Crippen LogP contribution in [0.4, 0.5) is 0 Å². The third-order valence-corrected chi connectivity index (χ3v) is 4.58. The van der Waals surface area contributed by atoms with Crippen LogP contribution >= 0.6 is 11.3 Å². The van der Waals surface area contributed by atoms with Crippen LogP contribution in [0.5, 0.6) is 0 Å². The largest absolute Gasteiger partial charge is 0.312 e. The van der Waals surface area contributed by atoms with Crippen LogP contribution in [0.2, 0.25) is 0 Å². The lowest BCUT2D eigenvalue weighted by molar-refractivity contribution is 0.676. The number of hydrogen-bond acceptors (Lipinski definition) is 3. The maximum Gasteiger partial charge on any atom is 0.0962 e. The van der Waals surface area contributed by atoms with Gasteiger partial charge in [0, 0.05) is 23.3 Å². The van der Waals surface area contributed by atoms with E-state index in [4.69, 9.17) is 4.98 Å². The molecule has 1 N–H and O–H groups in total. The highest BCUT2D eigenvalue weighted by Crippen LogP contribution is 2.47. The summed E-state index contributed by atoms with van der Waals surface area (Å²) in [5, 5.41) is 4.94. The Morgan fingerprint density at radius 2 is 2.00 bits per heavy atom. The van der Waals surface area contributed by atoms with Crippen LogP contribution in [0.15, 0.2) is 0 Å². The van der Waals surface area contributed by atoms with Gasteiger partial charge in [0.2, 0.25) is 0 Å². The summed E-state index contributed by atoms with van der Waals surface area (Å²) in [7, 11) is 0. The zero-order chi connectivity index (χ0) is 11.0. The van der Waals surface area contributed by atoms with Crippen LogP contribution in [-0.2, 0) is 6.54 Å². The molecular weight excluding hydrogens is 216 g/mol. The molecule has 2 fully saturated rings. The predicted octanol–water partition coefficient (Wildman–Crippen LogP) is 3.40. The molecule has 3 heteroatoms. The second-order valence-electron chi connectivity index (χ2n) is 5.09. The van der Waals surface area contributed by atoms with E-state index in [2.05, 4.69) is 12.2 Å². The lowest BCUT2D eigenvalue weighted by Gasteiger charge is -2.01. The van der Waals surface area contributed by atoms with Crippen molar-refractivity contribution in [2.75, 3.05) is 6.54 Å². The zero-order valence-corrected chi connectivity index (χ0v) is 10.8. The molecule has 0 radical (unpaired) electrons. The van der Waals surface area contributed by atoms with Crippen LogP contribution in [0.25, 0.3) is 0 Å². The molecule has 1 heterocycles. The summed E-state index contributed by atoms with van der Waals surface area (Å²) >= 11 is 1.98. The average Bonchev–Trinajstić information content (AvgIpc) is 3.18. The van der Waals surface area contributed by atoms with Gasteiger partial charge in [0.05, 0.1) is 10.7 Å². The highest BCUT2D eigenvalue weighted by molar-refractivity contribution is 7.11. The molecule has 0 atom stereocenters. The molecule has 16 heavy (non-hydrogen) atoms. The van der Waals surface area contributed by atoms with Gasteiger partial charge in [-0.3, -0.25) is 0 Å². The minimum Gasteiger partial charge on any atom is -0.312 e. The highest BCUT2D eigenvalue weighted by atomic mass is 32.1. The van der Waals surface area contributed by atoms with Crippen molar-refractivity contribution in [3.63, 3.8) is 0 Å². The van der Waals surface area contributed by atoms with E-state index >= 15 is 0 Å². The van der Waals surface area contributed by atoms with E-state index in [-0.39, 0.29) is 0 Å². The summed E-state index contributed by atoms with van der Waals surface area (Å²) in [6, 6.07) is 0. The van der Waals surface area contributed by atoms with Crippen molar-refractivity contribution in [1.82, 2.24) is 10.3 Å². The predicted molar refractivity (Wildman–Crippen MR) is 68.1 cm³/mol. The lowest BCUT2D eigenvalue weighted by atomic mass is 10.2. The fourth-order valence-corrected chi connectivity index (χ4v) is 3.36. The first-order chi connectivity index (χ1) is 7.88. The smallest absolute Gasteiger partial charge is 0.0962 e. The highest BCUT2D eigenvalue weighted by Gasteiger charge is 2.33. The van der Waals surface area contributed by atoms with Gasteiger partial charge in [0.15, 0.2) is 0 Å². The monoisotopic (exact) mass is 236 g/mol. The standard InChI is InChI=1S/C13H20N2S/c1-2-7-14-8-11-12(9-3-4-9)15-13(16-11)10-5-6-10/h9-10,14H,2-8H2,1H3. The Hall–Kier alpha value is -0.410. The second kappa shape index (κ2) is 4.46. The van der Waals surface area contributed by atoms with Gasteiger partial charge in [-0.25, -0.2) is 4.98 Å². The first-order valence-corrected chi connectivity index (χ1v) is 7.40. The van der Waals surface area contributed by atoms with Crippen LogP contribution in [0.1, 0.15) is 66.4 Å². The van der Waals surface area contributed by atoms with E-state index in [0.717, 1.165) is 24.9 Å². The van der Waals surface area contributed by atoms with Gasteiger partial charge >= 0.3 is 0 Å². The molecule has 3 rings (SSSR count). The molecule has 0 unspecified atom stereocenters. The van der Waals surface area contributed by atoms with Gasteiger partial charge in [0.1, 0.15) is 0 Å². The molecule has 0 saturated heterocycles. The summed E-state index contributed by atoms with van der Waals surface area (Å²) in [6.45, 7) is 4.39. The van der Waals surface area contributed by atoms with Gasteiger partial charge in [-0.1, -0.05) is 6.92 Å². The van der Waals surface area contributed by atoms with E-state index in [0.29, 0.717) is 0 Å². The van der Waals surface area contributed by atoms with Crippen molar-refractivity contribution in [1.29, 1.82) is 0 Å². The molecule has 0 aliphatic heterocycles. The van der Waals surface area contributed by atoms with Gasteiger partial charge < -0.3 is 5.32 Å². The molecule has 1 aromatic heterocycles. The topological polar surface area (TPSA) is 24.9 Å². The van der Waals surface area contributed by atoms with E-state index in [1.165, 1.54) is 47.7 Å². The van der Waals surface area contributed by atoms with Gasteiger partial charge in [-0.15, -0.1) is 11.3 Å². The first kappa shape index (κ1) is 10.7. The molecule has 2 saturated carbocycles. The first-order valence-electron chi connectivity index (χ1n) is 6.58. The van der Waals surface area contributed by atoms with Crippen molar-refractivity contribution in [2.45, 2.75) is 57.4 Å². The van der Waals surface area contributed by atoms with Crippen molar-refractivity contribution < 1.29 is 0 Å². The number of nitrogens with zero attached hydrogens (tertiary/aromatic N) is 1. The molecule has 88 valence electrons. The van der Waals surface area contributed by atoms with Crippen molar-refractivity contribution in [2.24, 2.45) is 0 Å². The summed E-state index contributed by atoms with van der Waals surface area (Å²) in [4.78, 5) is 6.42. The Labute approximate surface area is 101 Å². The average molecular weight is 236 g/mol. The molecule has 2 aliphatic rings. The number of nitrogens with one attached hydrogen (secondary N) is 1. The molecule has 2 aliphatic carbocycles. The van der Waals surface area contributed by atoms with Crippen molar-refractivity contribution in [3.05, 3.63) is 15.6 Å². The normalized spacial score (nSPS) is 20.3. The molecule has 0 aromatic carbocycles. The molecule has 0 bridgehead atoms. The SMILES string of the molecule is CCCNCc1sc(C2CC2)nc1C1CC1. The Bertz CT molecular complexity index is 364. The van der Waals surface area contributed by atoms with Crippen molar-refractivity contribution in [3.8, 4) is 0 Å². The van der Waals surface area contributed by atoms with Crippen molar-refractivity contribution >= 4 is 11.3 Å². The Morgan fingerprint density at radius 3 is 2.62 bits per heavy atom. The molecule has 2 nitrogen and oxygen atoms in total. The van der Waals surface area contributed by atoms with Gasteiger partial charge in [-0.2, -0.15) is 0 Å². The van der Waals surface area contributed by atoms with Gasteiger partial charge in [0.25, 0.3) is 0 Å². The van der Waals surface area contributed by atoms with E-state index in [9.17, 15) is 0 Å². The Balaban J connectivity index is 1.72. The van der Waals surface area contributed by atoms with Crippen LogP contribution in [0, 0.1) is 0 Å². The number of thiazole rings is 1. The second-order valence-corrected chi connectivity index (χ2v) is 6.20. The fourth-order valence-electron chi connectivity index (χ4n) is 2.07. The summed E-state index contributed by atoms with van der Waals surface area (Å²) in [5.74, 6) is 1.63. The minimum absolute atomic E-state index is 0.808. The van der Waals surface area contributed by atoms with E-state index in [1.54, 1.807) is 0 Å². The maximum absolute atomic E-state index is 4.89. The summed E-state index contributed by atoms with van der Waals surface area (Å²) in [5.41, 5.74) is 1.44. The van der Waals surface area contributed by atoms with Crippen LogP contribution in [-0.4, -0.2) is 11.5 Å². The third-order valence-electron chi connectivity index (χ3n) is 3.35. The third kappa shape index (κ3) is 2.30.